The van der Waals surface area contributed by atoms with Crippen molar-refractivity contribution >= 4 is 56.6 Å². The molecule has 0 aliphatic heterocycles. The van der Waals surface area contributed by atoms with Crippen LogP contribution in [0.5, 0.6) is 0 Å². The highest BCUT2D eigenvalue weighted by Gasteiger charge is 2.41. The second kappa shape index (κ2) is 3.85. The smallest absolute Gasteiger partial charge is 0.160 e. The van der Waals surface area contributed by atoms with Crippen molar-refractivity contribution in [3.8, 4) is 0 Å². The quantitative estimate of drug-likeness (QED) is 0.532. The zero-order valence-corrected chi connectivity index (χ0v) is 7.99. The number of hydrogen-bond donors (Lipinski definition) is 0. The maximum atomic E-state index is 11.5. The molecule has 62 valence electrons. The van der Waals surface area contributed by atoms with Gasteiger partial charge in [0.05, 0.1) is 0 Å². The van der Waals surface area contributed by atoms with Gasteiger partial charge in [-0.2, -0.15) is 13.2 Å². The lowest BCUT2D eigenvalue weighted by Crippen LogP contribution is -2.10. The minimum Gasteiger partial charge on any atom is -0.160 e. The first-order valence-electron chi connectivity index (χ1n) is 1.71. The maximum Gasteiger partial charge on any atom is 0.445 e. The van der Waals surface area contributed by atoms with Crippen molar-refractivity contribution in [2.75, 3.05) is 0 Å². The predicted molar refractivity (Wildman–Crippen MR) is 41.5 cm³/mol. The minimum absolute atomic E-state index is 0.200. The lowest BCUT2D eigenvalue weighted by atomic mass is 11.6. The maximum absolute atomic E-state index is 11.5. The summed E-state index contributed by atoms with van der Waals surface area (Å²) in [5.41, 5.74) is -4.47. The van der Waals surface area contributed by atoms with Crippen molar-refractivity contribution in [1.82, 2.24) is 0 Å². The van der Waals surface area contributed by atoms with Crippen molar-refractivity contribution in [1.29, 1.82) is 0 Å². The Morgan fingerprint density at radius 3 is 1.60 bits per heavy atom. The van der Waals surface area contributed by atoms with E-state index in [1.807, 2.05) is 0 Å². The monoisotopic (exact) mass is 250 g/mol. The fraction of sp³-hybridized carbons (Fsp3) is 1.00. The van der Waals surface area contributed by atoms with E-state index in [1.54, 1.807) is 0 Å². The first kappa shape index (κ1) is 11.4. The molecule has 0 aliphatic rings. The summed E-state index contributed by atoms with van der Waals surface area (Å²) in [6.07, 6.45) is 0. The summed E-state index contributed by atoms with van der Waals surface area (Å²) in [6, 6.07) is 0. The molecule has 0 rings (SSSR count). The molecule has 0 aromatic carbocycles. The van der Waals surface area contributed by atoms with Crippen molar-refractivity contribution in [3.63, 3.8) is 0 Å². The van der Waals surface area contributed by atoms with Crippen molar-refractivity contribution in [2.45, 2.75) is 8.51 Å². The standard InChI is InChI=1S/C2Cl3F3S2/c3-1(4,10-5)9-2(6,7)8. The third kappa shape index (κ3) is 6.09. The van der Waals surface area contributed by atoms with Crippen LogP contribution in [-0.4, -0.2) is 8.51 Å². The van der Waals surface area contributed by atoms with E-state index in [4.69, 9.17) is 33.9 Å². The molecule has 8 heteroatoms. The van der Waals surface area contributed by atoms with Crippen molar-refractivity contribution < 1.29 is 13.2 Å². The SMILES string of the molecule is FC(F)(F)SC(Cl)(Cl)SCl. The Labute approximate surface area is 78.3 Å². The van der Waals surface area contributed by atoms with Crippen LogP contribution in [-0.2, 0) is 0 Å². The van der Waals surface area contributed by atoms with Crippen LogP contribution in [0.3, 0.4) is 0 Å². The van der Waals surface area contributed by atoms with Gasteiger partial charge in [0.1, 0.15) is 0 Å². The summed E-state index contributed by atoms with van der Waals surface area (Å²) in [5, 5.41) is 0. The Hall–Kier alpha value is 1.36. The van der Waals surface area contributed by atoms with Crippen LogP contribution in [0.15, 0.2) is 0 Å². The number of alkyl halides is 5. The van der Waals surface area contributed by atoms with Gasteiger partial charge >= 0.3 is 5.51 Å². The second-order valence-corrected chi connectivity index (χ2v) is 6.08. The average molecular weight is 252 g/mol. The molecule has 0 N–H and O–H groups in total. The average Bonchev–Trinajstić information content (AvgIpc) is 1.60. The van der Waals surface area contributed by atoms with E-state index in [-0.39, 0.29) is 11.0 Å². The van der Waals surface area contributed by atoms with E-state index in [2.05, 4.69) is 0 Å². The summed E-state index contributed by atoms with van der Waals surface area (Å²) in [4.78, 5) is 0. The zero-order chi connectivity index (χ0) is 8.41. The van der Waals surface area contributed by atoms with E-state index in [0.717, 1.165) is 0 Å². The first-order valence-corrected chi connectivity index (χ1v) is 4.93. The van der Waals surface area contributed by atoms with Crippen LogP contribution < -0.4 is 0 Å². The fourth-order valence-corrected chi connectivity index (χ4v) is 1.64. The molecule has 0 aromatic rings. The number of hydrogen-bond acceptors (Lipinski definition) is 2. The summed E-state index contributed by atoms with van der Waals surface area (Å²) in [7, 11) is 5.13. The molecule has 0 aliphatic carbocycles. The van der Waals surface area contributed by atoms with Crippen LogP contribution in [0.1, 0.15) is 0 Å². The second-order valence-electron chi connectivity index (χ2n) is 1.09. The highest BCUT2D eigenvalue weighted by molar-refractivity contribution is 8.33. The highest BCUT2D eigenvalue weighted by Crippen LogP contribution is 2.53. The molecule has 0 saturated heterocycles. The van der Waals surface area contributed by atoms with Crippen molar-refractivity contribution in [3.05, 3.63) is 0 Å². The molecular weight excluding hydrogens is 252 g/mol. The van der Waals surface area contributed by atoms with Gasteiger partial charge in [-0.25, -0.2) is 0 Å². The largest absolute Gasteiger partial charge is 0.445 e. The van der Waals surface area contributed by atoms with Gasteiger partial charge in [0.15, 0.2) is 0 Å². The van der Waals surface area contributed by atoms with E-state index in [0.29, 0.717) is 0 Å². The fourth-order valence-electron chi connectivity index (χ4n) is 0.150. The Balaban J connectivity index is 3.89. The molecule has 0 saturated carbocycles. The molecular formula is C2Cl3F3S2. The topological polar surface area (TPSA) is 0 Å². The van der Waals surface area contributed by atoms with Crippen LogP contribution in [0, 0.1) is 0 Å². The molecule has 0 aromatic heterocycles. The molecule has 0 nitrogen and oxygen atoms in total. The molecule has 0 bridgehead atoms. The van der Waals surface area contributed by atoms with Crippen LogP contribution >= 0.6 is 56.6 Å². The first-order chi connectivity index (χ1) is 4.27. The minimum atomic E-state index is -4.47. The summed E-state index contributed by atoms with van der Waals surface area (Å²) in [6.45, 7) is 0. The van der Waals surface area contributed by atoms with Crippen molar-refractivity contribution in [2.24, 2.45) is 0 Å². The Morgan fingerprint density at radius 2 is 1.50 bits per heavy atom. The van der Waals surface area contributed by atoms with Gasteiger partial charge in [0.2, 0.25) is 3.00 Å². The summed E-state index contributed by atoms with van der Waals surface area (Å²) >= 11 is 9.51. The Morgan fingerprint density at radius 1 is 1.10 bits per heavy atom. The van der Waals surface area contributed by atoms with Gasteiger partial charge in [-0.1, -0.05) is 23.2 Å². The van der Waals surface area contributed by atoms with E-state index >= 15 is 0 Å². The van der Waals surface area contributed by atoms with Crippen LogP contribution in [0.4, 0.5) is 13.2 Å². The van der Waals surface area contributed by atoms with Gasteiger partial charge in [-0.15, -0.1) is 0 Å². The predicted octanol–water partition coefficient (Wildman–Crippen LogP) is 4.22. The van der Waals surface area contributed by atoms with Crippen LogP contribution in [0.25, 0.3) is 0 Å². The molecule has 0 amide bonds. The summed E-state index contributed by atoms with van der Waals surface area (Å²) < 4.78 is 32.3. The summed E-state index contributed by atoms with van der Waals surface area (Å²) in [5.74, 6) is 0. The zero-order valence-electron chi connectivity index (χ0n) is 4.08. The highest BCUT2D eigenvalue weighted by atomic mass is 35.7. The van der Waals surface area contributed by atoms with Gasteiger partial charge in [-0.3, -0.25) is 0 Å². The lowest BCUT2D eigenvalue weighted by molar-refractivity contribution is -0.0328. The number of thioether (sulfide) groups is 1. The molecule has 0 atom stereocenters. The number of halogens is 6. The third-order valence-corrected chi connectivity index (χ3v) is 3.84. The van der Waals surface area contributed by atoms with E-state index in [1.165, 1.54) is 0 Å². The normalized spacial score (nSPS) is 13.8. The number of rotatable bonds is 2. The third-order valence-electron chi connectivity index (χ3n) is 0.324. The molecule has 0 radical (unpaired) electrons. The molecule has 10 heavy (non-hydrogen) atoms. The van der Waals surface area contributed by atoms with Crippen LogP contribution in [0.2, 0.25) is 0 Å². The Bertz CT molecular complexity index is 113. The van der Waals surface area contributed by atoms with E-state index in [9.17, 15) is 13.2 Å². The molecule has 0 fully saturated rings. The van der Waals surface area contributed by atoms with Gasteiger partial charge in [0.25, 0.3) is 0 Å². The molecule has 0 spiro atoms. The molecule has 0 heterocycles. The Kier molecular flexibility index (Phi) is 4.37. The molecule has 0 unspecified atom stereocenters. The van der Waals surface area contributed by atoms with Gasteiger partial charge in [-0.05, 0) is 21.7 Å². The lowest BCUT2D eigenvalue weighted by Gasteiger charge is -2.15. The van der Waals surface area contributed by atoms with Gasteiger partial charge < -0.3 is 0 Å². The van der Waals surface area contributed by atoms with Gasteiger partial charge in [0, 0.05) is 11.8 Å². The van der Waals surface area contributed by atoms with E-state index < -0.39 is 20.3 Å².